The third kappa shape index (κ3) is 2.23. The van der Waals surface area contributed by atoms with Gasteiger partial charge in [0.15, 0.2) is 0 Å². The Morgan fingerprint density at radius 1 is 1.44 bits per heavy atom. The maximum atomic E-state index is 5.71. The molecule has 0 bridgehead atoms. The van der Waals surface area contributed by atoms with Gasteiger partial charge in [-0.3, -0.25) is 4.98 Å². The molecule has 0 radical (unpaired) electrons. The number of nitrogens with zero attached hydrogens (tertiary/aromatic N) is 1. The molecule has 2 aromatic rings. The van der Waals surface area contributed by atoms with Gasteiger partial charge in [-0.25, -0.2) is 0 Å². The van der Waals surface area contributed by atoms with Crippen molar-refractivity contribution in [2.75, 3.05) is 12.3 Å². The van der Waals surface area contributed by atoms with E-state index in [4.69, 9.17) is 16.2 Å². The van der Waals surface area contributed by atoms with Crippen molar-refractivity contribution in [1.29, 1.82) is 0 Å². The first-order valence-corrected chi connectivity index (χ1v) is 5.19. The van der Waals surface area contributed by atoms with Crippen LogP contribution in [0.1, 0.15) is 6.92 Å². The number of fused-ring (bicyclic) bond motifs is 1. The van der Waals surface area contributed by atoms with Crippen molar-refractivity contribution in [3.63, 3.8) is 0 Å². The average molecular weight is 217 g/mol. The van der Waals surface area contributed by atoms with Crippen LogP contribution in [-0.4, -0.2) is 17.6 Å². The number of benzene rings is 1. The molecule has 0 amide bonds. The van der Waals surface area contributed by atoms with Crippen molar-refractivity contribution in [2.45, 2.75) is 13.0 Å². The van der Waals surface area contributed by atoms with E-state index < -0.39 is 0 Å². The summed E-state index contributed by atoms with van der Waals surface area (Å²) in [5.41, 5.74) is 12.9. The molecule has 1 heterocycles. The van der Waals surface area contributed by atoms with Gasteiger partial charge in [0, 0.05) is 11.4 Å². The second kappa shape index (κ2) is 4.37. The first-order valence-electron chi connectivity index (χ1n) is 5.19. The van der Waals surface area contributed by atoms with Crippen LogP contribution < -0.4 is 16.2 Å². The number of anilines is 1. The second-order valence-corrected chi connectivity index (χ2v) is 3.88. The summed E-state index contributed by atoms with van der Waals surface area (Å²) in [5, 5.41) is 0.920. The van der Waals surface area contributed by atoms with E-state index in [2.05, 4.69) is 4.98 Å². The molecule has 4 heteroatoms. The summed E-state index contributed by atoms with van der Waals surface area (Å²) in [7, 11) is 0. The van der Waals surface area contributed by atoms with Gasteiger partial charge in [0.2, 0.25) is 0 Å². The number of hydrogen-bond donors (Lipinski definition) is 2. The lowest BCUT2D eigenvalue weighted by molar-refractivity contribution is 0.299. The van der Waals surface area contributed by atoms with Crippen molar-refractivity contribution >= 4 is 16.6 Å². The monoisotopic (exact) mass is 217 g/mol. The standard InChI is InChI=1S/C12H15N3O/c1-8(13)7-16-12-4-2-3-11-10(12)5-9(14)6-15-11/h2-6,8H,7,13-14H2,1H3/t8-/m1/s1. The SMILES string of the molecule is C[C@@H](N)COc1cccc2ncc(N)cc12. The molecular formula is C12H15N3O. The van der Waals surface area contributed by atoms with Crippen LogP contribution in [-0.2, 0) is 0 Å². The fraction of sp³-hybridized carbons (Fsp3) is 0.250. The number of hydrogen-bond acceptors (Lipinski definition) is 4. The second-order valence-electron chi connectivity index (χ2n) is 3.88. The van der Waals surface area contributed by atoms with E-state index in [0.717, 1.165) is 16.7 Å². The molecule has 84 valence electrons. The highest BCUT2D eigenvalue weighted by Gasteiger charge is 2.04. The summed E-state index contributed by atoms with van der Waals surface area (Å²) in [4.78, 5) is 4.23. The van der Waals surface area contributed by atoms with Gasteiger partial charge < -0.3 is 16.2 Å². The molecule has 0 aliphatic rings. The van der Waals surface area contributed by atoms with Crippen LogP contribution in [0.5, 0.6) is 5.75 Å². The lowest BCUT2D eigenvalue weighted by Crippen LogP contribution is -2.23. The molecule has 0 fully saturated rings. The minimum Gasteiger partial charge on any atom is -0.491 e. The Morgan fingerprint density at radius 3 is 3.00 bits per heavy atom. The number of pyridine rings is 1. The normalized spacial score (nSPS) is 12.6. The Bertz CT molecular complexity index is 497. The highest BCUT2D eigenvalue weighted by Crippen LogP contribution is 2.25. The highest BCUT2D eigenvalue weighted by atomic mass is 16.5. The van der Waals surface area contributed by atoms with Crippen LogP contribution in [0.2, 0.25) is 0 Å². The fourth-order valence-electron chi connectivity index (χ4n) is 1.49. The molecule has 0 spiro atoms. The Morgan fingerprint density at radius 2 is 2.25 bits per heavy atom. The van der Waals surface area contributed by atoms with Gasteiger partial charge in [-0.05, 0) is 25.1 Å². The molecule has 1 aromatic carbocycles. The van der Waals surface area contributed by atoms with Crippen molar-refractivity contribution in [3.8, 4) is 5.75 Å². The molecule has 0 aliphatic heterocycles. The van der Waals surface area contributed by atoms with E-state index in [-0.39, 0.29) is 6.04 Å². The van der Waals surface area contributed by atoms with Crippen molar-refractivity contribution in [2.24, 2.45) is 5.73 Å². The Labute approximate surface area is 94.2 Å². The summed E-state index contributed by atoms with van der Waals surface area (Å²) >= 11 is 0. The first kappa shape index (κ1) is 10.7. The number of nitrogen functional groups attached to an aromatic ring is 1. The molecule has 4 nitrogen and oxygen atoms in total. The van der Waals surface area contributed by atoms with Gasteiger partial charge in [-0.1, -0.05) is 6.07 Å². The summed E-state index contributed by atoms with van der Waals surface area (Å²) in [6, 6.07) is 7.59. The van der Waals surface area contributed by atoms with Crippen LogP contribution in [0.3, 0.4) is 0 Å². The van der Waals surface area contributed by atoms with Crippen LogP contribution in [0.4, 0.5) is 5.69 Å². The lowest BCUT2D eigenvalue weighted by atomic mass is 10.2. The van der Waals surface area contributed by atoms with E-state index >= 15 is 0 Å². The Balaban J connectivity index is 2.40. The Hall–Kier alpha value is -1.81. The van der Waals surface area contributed by atoms with Crippen molar-refractivity contribution in [1.82, 2.24) is 4.98 Å². The predicted molar refractivity (Wildman–Crippen MR) is 65.3 cm³/mol. The van der Waals surface area contributed by atoms with E-state index in [1.54, 1.807) is 6.20 Å². The predicted octanol–water partition coefficient (Wildman–Crippen LogP) is 1.54. The zero-order valence-electron chi connectivity index (χ0n) is 9.18. The Kier molecular flexibility index (Phi) is 2.92. The summed E-state index contributed by atoms with van der Waals surface area (Å²) < 4.78 is 5.62. The molecule has 0 unspecified atom stereocenters. The minimum absolute atomic E-state index is 0.00396. The number of aromatic nitrogens is 1. The largest absolute Gasteiger partial charge is 0.491 e. The summed E-state index contributed by atoms with van der Waals surface area (Å²) in [6.45, 7) is 2.38. The van der Waals surface area contributed by atoms with E-state index in [1.165, 1.54) is 0 Å². The van der Waals surface area contributed by atoms with Crippen molar-refractivity contribution < 1.29 is 4.74 Å². The molecule has 16 heavy (non-hydrogen) atoms. The van der Waals surface area contributed by atoms with E-state index in [1.807, 2.05) is 31.2 Å². The molecule has 0 aliphatic carbocycles. The number of ether oxygens (including phenoxy) is 1. The van der Waals surface area contributed by atoms with Crippen LogP contribution in [0.25, 0.3) is 10.9 Å². The van der Waals surface area contributed by atoms with Crippen LogP contribution in [0.15, 0.2) is 30.5 Å². The van der Waals surface area contributed by atoms with E-state index in [0.29, 0.717) is 12.3 Å². The van der Waals surface area contributed by atoms with Crippen molar-refractivity contribution in [3.05, 3.63) is 30.5 Å². The zero-order chi connectivity index (χ0) is 11.5. The van der Waals surface area contributed by atoms with Crippen LogP contribution in [0, 0.1) is 0 Å². The van der Waals surface area contributed by atoms with Crippen LogP contribution >= 0.6 is 0 Å². The van der Waals surface area contributed by atoms with E-state index in [9.17, 15) is 0 Å². The number of rotatable bonds is 3. The average Bonchev–Trinajstić information content (AvgIpc) is 2.26. The summed E-state index contributed by atoms with van der Waals surface area (Å²) in [6.07, 6.45) is 1.64. The van der Waals surface area contributed by atoms with Gasteiger partial charge in [-0.2, -0.15) is 0 Å². The highest BCUT2D eigenvalue weighted by molar-refractivity contribution is 5.87. The zero-order valence-corrected chi connectivity index (χ0v) is 9.18. The third-order valence-electron chi connectivity index (χ3n) is 2.21. The summed E-state index contributed by atoms with van der Waals surface area (Å²) in [5.74, 6) is 0.773. The first-order chi connectivity index (χ1) is 7.66. The third-order valence-corrected chi connectivity index (χ3v) is 2.21. The molecule has 4 N–H and O–H groups in total. The smallest absolute Gasteiger partial charge is 0.128 e. The molecule has 0 saturated carbocycles. The maximum Gasteiger partial charge on any atom is 0.128 e. The fourth-order valence-corrected chi connectivity index (χ4v) is 1.49. The maximum absolute atomic E-state index is 5.71. The molecule has 2 rings (SSSR count). The van der Waals surface area contributed by atoms with Gasteiger partial charge in [0.05, 0.1) is 17.4 Å². The minimum atomic E-state index is 0.00396. The van der Waals surface area contributed by atoms with Gasteiger partial charge in [-0.15, -0.1) is 0 Å². The molecule has 1 atom stereocenters. The number of nitrogens with two attached hydrogens (primary N) is 2. The van der Waals surface area contributed by atoms with Gasteiger partial charge in [0.1, 0.15) is 12.4 Å². The van der Waals surface area contributed by atoms with Gasteiger partial charge in [0.25, 0.3) is 0 Å². The quantitative estimate of drug-likeness (QED) is 0.817. The molecular weight excluding hydrogens is 202 g/mol. The molecule has 0 saturated heterocycles. The topological polar surface area (TPSA) is 74.2 Å². The molecule has 1 aromatic heterocycles. The lowest BCUT2D eigenvalue weighted by Gasteiger charge is -2.11. The van der Waals surface area contributed by atoms with Gasteiger partial charge >= 0.3 is 0 Å².